The van der Waals surface area contributed by atoms with Crippen molar-refractivity contribution in [3.8, 4) is 5.75 Å². The van der Waals surface area contributed by atoms with Crippen molar-refractivity contribution in [1.29, 1.82) is 0 Å². The molecule has 0 aromatic heterocycles. The van der Waals surface area contributed by atoms with Gasteiger partial charge in [0.15, 0.2) is 5.75 Å². The predicted molar refractivity (Wildman–Crippen MR) is 86.4 cm³/mol. The predicted octanol–water partition coefficient (Wildman–Crippen LogP) is 4.00. The van der Waals surface area contributed by atoms with Gasteiger partial charge in [0.05, 0.1) is 11.5 Å². The Morgan fingerprint density at radius 1 is 1.24 bits per heavy atom. The van der Waals surface area contributed by atoms with Crippen molar-refractivity contribution < 1.29 is 9.66 Å². The number of nitro benzene ring substituents is 1. The van der Waals surface area contributed by atoms with Crippen LogP contribution in [-0.4, -0.2) is 17.3 Å². The third kappa shape index (κ3) is 3.98. The summed E-state index contributed by atoms with van der Waals surface area (Å²) in [6.45, 7) is 2.18. The van der Waals surface area contributed by atoms with E-state index in [9.17, 15) is 10.1 Å². The van der Waals surface area contributed by atoms with Gasteiger partial charge >= 0.3 is 5.69 Å². The molecule has 0 heterocycles. The molecule has 1 unspecified atom stereocenters. The van der Waals surface area contributed by atoms with Crippen molar-refractivity contribution >= 4 is 18.3 Å². The maximum atomic E-state index is 11.1. The molecule has 2 aromatic carbocycles. The molecule has 0 aliphatic rings. The van der Waals surface area contributed by atoms with Crippen LogP contribution in [0.3, 0.4) is 0 Å². The molecule has 1 atom stereocenters. The minimum Gasteiger partial charge on any atom is -0.486 e. The van der Waals surface area contributed by atoms with Crippen LogP contribution < -0.4 is 4.74 Å². The smallest absolute Gasteiger partial charge is 0.311 e. The van der Waals surface area contributed by atoms with Crippen LogP contribution in [0.25, 0.3) is 0 Å². The normalized spacial score (nSPS) is 11.9. The minimum absolute atomic E-state index is 0.000904. The van der Waals surface area contributed by atoms with Crippen molar-refractivity contribution in [3.63, 3.8) is 0 Å². The van der Waals surface area contributed by atoms with Gasteiger partial charge in [0.25, 0.3) is 0 Å². The van der Waals surface area contributed by atoms with Crippen LogP contribution in [0.2, 0.25) is 0 Å². The molecule has 0 saturated heterocycles. The van der Waals surface area contributed by atoms with Gasteiger partial charge in [0, 0.05) is 17.7 Å². The molecule has 110 valence electrons. The minimum atomic E-state index is -0.416. The van der Waals surface area contributed by atoms with Crippen molar-refractivity contribution in [3.05, 3.63) is 69.8 Å². The largest absolute Gasteiger partial charge is 0.486 e. The fourth-order valence-corrected chi connectivity index (χ4v) is 2.38. The van der Waals surface area contributed by atoms with Gasteiger partial charge in [-0.25, -0.2) is 0 Å². The van der Waals surface area contributed by atoms with Crippen LogP contribution in [-0.2, 0) is 0 Å². The molecular formula is C16H17NO3S. The van der Waals surface area contributed by atoms with Gasteiger partial charge in [0.2, 0.25) is 0 Å². The Kier molecular flexibility index (Phi) is 5.22. The van der Waals surface area contributed by atoms with E-state index in [1.165, 1.54) is 6.07 Å². The highest BCUT2D eigenvalue weighted by atomic mass is 32.1. The van der Waals surface area contributed by atoms with Crippen LogP contribution >= 0.6 is 12.6 Å². The quantitative estimate of drug-likeness (QED) is 0.498. The topological polar surface area (TPSA) is 52.4 Å². The lowest BCUT2D eigenvalue weighted by Gasteiger charge is -2.16. The molecule has 0 aliphatic carbocycles. The lowest BCUT2D eigenvalue weighted by Crippen LogP contribution is -2.12. The Labute approximate surface area is 129 Å². The van der Waals surface area contributed by atoms with Crippen LogP contribution in [0.1, 0.15) is 17.0 Å². The Bertz CT molecular complexity index is 616. The van der Waals surface area contributed by atoms with Crippen molar-refractivity contribution in [2.45, 2.75) is 12.8 Å². The Hall–Kier alpha value is -2.01. The molecule has 0 aliphatic heterocycles. The first kappa shape index (κ1) is 15.4. The maximum absolute atomic E-state index is 11.1. The van der Waals surface area contributed by atoms with Gasteiger partial charge in [-0.2, -0.15) is 12.6 Å². The fourth-order valence-electron chi connectivity index (χ4n) is 2.06. The second kappa shape index (κ2) is 7.13. The number of rotatable bonds is 6. The third-order valence-electron chi connectivity index (χ3n) is 3.24. The summed E-state index contributed by atoms with van der Waals surface area (Å²) in [5, 5.41) is 11.1. The summed E-state index contributed by atoms with van der Waals surface area (Å²) in [7, 11) is 0. The molecule has 2 rings (SSSR count). The van der Waals surface area contributed by atoms with E-state index in [1.54, 1.807) is 12.1 Å². The highest BCUT2D eigenvalue weighted by molar-refractivity contribution is 7.80. The molecule has 0 radical (unpaired) electrons. The average Bonchev–Trinajstić information content (AvgIpc) is 2.50. The summed E-state index contributed by atoms with van der Waals surface area (Å²) >= 11 is 4.34. The monoisotopic (exact) mass is 303 g/mol. The average molecular weight is 303 g/mol. The number of benzene rings is 2. The zero-order chi connectivity index (χ0) is 15.2. The third-order valence-corrected chi connectivity index (χ3v) is 3.68. The van der Waals surface area contributed by atoms with Crippen LogP contribution in [0.4, 0.5) is 5.69 Å². The maximum Gasteiger partial charge on any atom is 0.311 e. The van der Waals surface area contributed by atoms with Gasteiger partial charge < -0.3 is 4.74 Å². The first-order valence-corrected chi connectivity index (χ1v) is 7.28. The first-order chi connectivity index (χ1) is 10.1. The van der Waals surface area contributed by atoms with E-state index < -0.39 is 4.92 Å². The SMILES string of the molecule is Cc1ccc(OCC(CS)c2ccccc2)c([N+](=O)[O-])c1. The lowest BCUT2D eigenvalue weighted by molar-refractivity contribution is -0.385. The van der Waals surface area contributed by atoms with E-state index in [1.807, 2.05) is 37.3 Å². The molecular weight excluding hydrogens is 286 g/mol. The van der Waals surface area contributed by atoms with E-state index in [2.05, 4.69) is 12.6 Å². The molecule has 4 nitrogen and oxygen atoms in total. The molecule has 0 amide bonds. The highest BCUT2D eigenvalue weighted by Gasteiger charge is 2.17. The fraction of sp³-hybridized carbons (Fsp3) is 0.250. The van der Waals surface area contributed by atoms with E-state index in [0.29, 0.717) is 18.1 Å². The van der Waals surface area contributed by atoms with Crippen molar-refractivity contribution in [1.82, 2.24) is 0 Å². The number of nitro groups is 1. The number of aryl methyl sites for hydroxylation is 1. The van der Waals surface area contributed by atoms with Gasteiger partial charge in [-0.1, -0.05) is 36.4 Å². The Balaban J connectivity index is 2.14. The van der Waals surface area contributed by atoms with Crippen LogP contribution in [0.15, 0.2) is 48.5 Å². The van der Waals surface area contributed by atoms with E-state index in [0.717, 1.165) is 11.1 Å². The van der Waals surface area contributed by atoms with Gasteiger partial charge in [-0.15, -0.1) is 0 Å². The van der Waals surface area contributed by atoms with Gasteiger partial charge in [-0.3, -0.25) is 10.1 Å². The molecule has 0 bridgehead atoms. The van der Waals surface area contributed by atoms with E-state index in [-0.39, 0.29) is 11.6 Å². The zero-order valence-corrected chi connectivity index (χ0v) is 12.6. The standard InChI is InChI=1S/C16H17NO3S/c1-12-7-8-16(15(9-12)17(18)19)20-10-14(11-21)13-5-3-2-4-6-13/h2-9,14,21H,10-11H2,1H3. The Morgan fingerprint density at radius 2 is 1.95 bits per heavy atom. The summed E-state index contributed by atoms with van der Waals surface area (Å²) in [6.07, 6.45) is 0. The lowest BCUT2D eigenvalue weighted by atomic mass is 10.0. The molecule has 5 heteroatoms. The van der Waals surface area contributed by atoms with E-state index in [4.69, 9.17) is 4.74 Å². The summed E-state index contributed by atoms with van der Waals surface area (Å²) < 4.78 is 5.67. The molecule has 0 N–H and O–H groups in total. The number of ether oxygens (including phenoxy) is 1. The number of hydrogen-bond acceptors (Lipinski definition) is 4. The van der Waals surface area contributed by atoms with Gasteiger partial charge in [0.1, 0.15) is 0 Å². The molecule has 21 heavy (non-hydrogen) atoms. The second-order valence-corrected chi connectivity index (χ2v) is 5.19. The highest BCUT2D eigenvalue weighted by Crippen LogP contribution is 2.29. The summed E-state index contributed by atoms with van der Waals surface area (Å²) in [6, 6.07) is 14.9. The van der Waals surface area contributed by atoms with E-state index >= 15 is 0 Å². The zero-order valence-electron chi connectivity index (χ0n) is 11.7. The molecule has 0 saturated carbocycles. The van der Waals surface area contributed by atoms with Crippen molar-refractivity contribution in [2.24, 2.45) is 0 Å². The van der Waals surface area contributed by atoms with Gasteiger partial charge in [-0.05, 0) is 24.1 Å². The number of nitrogens with zero attached hydrogens (tertiary/aromatic N) is 1. The molecule has 0 fully saturated rings. The first-order valence-electron chi connectivity index (χ1n) is 6.65. The van der Waals surface area contributed by atoms with Crippen molar-refractivity contribution in [2.75, 3.05) is 12.4 Å². The number of hydrogen-bond donors (Lipinski definition) is 1. The Morgan fingerprint density at radius 3 is 2.57 bits per heavy atom. The second-order valence-electron chi connectivity index (χ2n) is 4.83. The summed E-state index contributed by atoms with van der Waals surface area (Å²) in [5.74, 6) is 1.01. The van der Waals surface area contributed by atoms with Crippen LogP contribution in [0.5, 0.6) is 5.75 Å². The molecule has 0 spiro atoms. The summed E-state index contributed by atoms with van der Waals surface area (Å²) in [4.78, 5) is 10.7. The van der Waals surface area contributed by atoms with Crippen LogP contribution in [0, 0.1) is 17.0 Å². The summed E-state index contributed by atoms with van der Waals surface area (Å²) in [5.41, 5.74) is 1.95. The number of thiol groups is 1. The molecule has 2 aromatic rings.